The van der Waals surface area contributed by atoms with Gasteiger partial charge in [0, 0.05) is 31.7 Å². The average Bonchev–Trinajstić information content (AvgIpc) is 3.33. The second-order valence-electron chi connectivity index (χ2n) is 8.06. The van der Waals surface area contributed by atoms with Gasteiger partial charge in [0.1, 0.15) is 5.60 Å². The highest BCUT2D eigenvalue weighted by Gasteiger charge is 2.53. The van der Waals surface area contributed by atoms with Gasteiger partial charge in [0.2, 0.25) is 6.79 Å². The first-order valence-corrected chi connectivity index (χ1v) is 9.86. The quantitative estimate of drug-likeness (QED) is 0.874. The van der Waals surface area contributed by atoms with Crippen molar-refractivity contribution in [3.8, 4) is 11.5 Å². The summed E-state index contributed by atoms with van der Waals surface area (Å²) in [4.78, 5) is 6.94. The first kappa shape index (κ1) is 17.3. The van der Waals surface area contributed by atoms with Crippen LogP contribution in [0.1, 0.15) is 29.7 Å². The van der Waals surface area contributed by atoms with Gasteiger partial charge in [-0.2, -0.15) is 0 Å². The lowest BCUT2D eigenvalue weighted by Gasteiger charge is -2.30. The minimum Gasteiger partial charge on any atom is -0.454 e. The summed E-state index contributed by atoms with van der Waals surface area (Å²) in [6, 6.07) is 7.99. The Morgan fingerprint density at radius 2 is 2.19 bits per heavy atom. The van der Waals surface area contributed by atoms with Crippen molar-refractivity contribution in [2.24, 2.45) is 11.8 Å². The second kappa shape index (κ2) is 6.36. The van der Waals surface area contributed by atoms with Gasteiger partial charge in [-0.25, -0.2) is 0 Å². The first-order chi connectivity index (χ1) is 13.0. The molecule has 27 heavy (non-hydrogen) atoms. The highest BCUT2D eigenvalue weighted by Crippen LogP contribution is 2.50. The third-order valence-electron chi connectivity index (χ3n) is 6.27. The van der Waals surface area contributed by atoms with E-state index in [1.807, 2.05) is 37.4 Å². The van der Waals surface area contributed by atoms with Crippen LogP contribution < -0.4 is 9.47 Å². The minimum atomic E-state index is -0.820. The molecule has 1 aromatic carbocycles. The molecule has 2 aromatic rings. The Balaban J connectivity index is 1.34. The molecule has 3 heterocycles. The molecule has 1 saturated heterocycles. The van der Waals surface area contributed by atoms with E-state index in [4.69, 9.17) is 21.1 Å². The van der Waals surface area contributed by atoms with Crippen LogP contribution in [0.3, 0.4) is 0 Å². The van der Waals surface area contributed by atoms with Crippen LogP contribution in [0.2, 0.25) is 5.02 Å². The Labute approximate surface area is 163 Å². The van der Waals surface area contributed by atoms with Crippen LogP contribution in [0.4, 0.5) is 0 Å². The molecule has 0 amide bonds. The third-order valence-corrected chi connectivity index (χ3v) is 6.56. The van der Waals surface area contributed by atoms with E-state index in [0.29, 0.717) is 16.7 Å². The Kier molecular flexibility index (Phi) is 4.08. The maximum absolute atomic E-state index is 11.4. The molecule has 1 aromatic heterocycles. The van der Waals surface area contributed by atoms with Crippen molar-refractivity contribution in [3.05, 3.63) is 52.3 Å². The van der Waals surface area contributed by atoms with E-state index in [2.05, 4.69) is 9.88 Å². The molecule has 1 N–H and O–H groups in total. The third kappa shape index (κ3) is 2.89. The molecular formula is C21H23ClN2O3. The monoisotopic (exact) mass is 386 g/mol. The van der Waals surface area contributed by atoms with Gasteiger partial charge in [-0.1, -0.05) is 17.7 Å². The van der Waals surface area contributed by atoms with Crippen molar-refractivity contribution in [1.29, 1.82) is 0 Å². The highest BCUT2D eigenvalue weighted by molar-refractivity contribution is 6.32. The summed E-state index contributed by atoms with van der Waals surface area (Å²) >= 11 is 6.32. The number of benzene rings is 1. The van der Waals surface area contributed by atoms with Gasteiger partial charge in [-0.05, 0) is 55.0 Å². The summed E-state index contributed by atoms with van der Waals surface area (Å²) in [5.74, 6) is 2.08. The Bertz CT molecular complexity index is 872. The van der Waals surface area contributed by atoms with Crippen molar-refractivity contribution < 1.29 is 14.6 Å². The number of fused-ring (bicyclic) bond motifs is 2. The van der Waals surface area contributed by atoms with Crippen LogP contribution in [0.5, 0.6) is 11.5 Å². The molecule has 142 valence electrons. The van der Waals surface area contributed by atoms with Crippen LogP contribution >= 0.6 is 11.6 Å². The van der Waals surface area contributed by atoms with Crippen LogP contribution in [0, 0.1) is 18.8 Å². The maximum Gasteiger partial charge on any atom is 0.231 e. The molecule has 0 radical (unpaired) electrons. The molecule has 6 heteroatoms. The van der Waals surface area contributed by atoms with E-state index < -0.39 is 5.60 Å². The molecule has 3 aliphatic rings. The number of ether oxygens (including phenoxy) is 2. The summed E-state index contributed by atoms with van der Waals surface area (Å²) in [5.41, 5.74) is 2.22. The number of rotatable bonds is 3. The predicted octanol–water partition coefficient (Wildman–Crippen LogP) is 3.50. The highest BCUT2D eigenvalue weighted by atomic mass is 35.5. The van der Waals surface area contributed by atoms with Gasteiger partial charge in [-0.15, -0.1) is 0 Å². The molecule has 2 fully saturated rings. The molecule has 0 unspecified atom stereocenters. The van der Waals surface area contributed by atoms with Crippen LogP contribution in [0.25, 0.3) is 0 Å². The number of hydrogen-bond donors (Lipinski definition) is 1. The summed E-state index contributed by atoms with van der Waals surface area (Å²) < 4.78 is 10.9. The average molecular weight is 387 g/mol. The zero-order chi connectivity index (χ0) is 18.6. The normalized spacial score (nSPS) is 29.3. The number of aliphatic hydroxyl groups is 1. The van der Waals surface area contributed by atoms with Gasteiger partial charge in [0.15, 0.2) is 11.5 Å². The van der Waals surface area contributed by atoms with Crippen LogP contribution in [-0.2, 0) is 12.1 Å². The van der Waals surface area contributed by atoms with Gasteiger partial charge in [0.05, 0.1) is 10.7 Å². The number of pyridine rings is 1. The molecule has 5 nitrogen and oxygen atoms in total. The Hall–Kier alpha value is -1.82. The van der Waals surface area contributed by atoms with Crippen molar-refractivity contribution in [3.63, 3.8) is 0 Å². The van der Waals surface area contributed by atoms with Crippen molar-refractivity contribution in [2.45, 2.75) is 31.9 Å². The van der Waals surface area contributed by atoms with Gasteiger partial charge in [0.25, 0.3) is 0 Å². The van der Waals surface area contributed by atoms with E-state index in [0.717, 1.165) is 55.0 Å². The Morgan fingerprint density at radius 3 is 3.00 bits per heavy atom. The summed E-state index contributed by atoms with van der Waals surface area (Å²) in [5, 5.41) is 12.0. The van der Waals surface area contributed by atoms with E-state index in [1.54, 1.807) is 0 Å². The fourth-order valence-electron chi connectivity index (χ4n) is 4.93. The fourth-order valence-corrected chi connectivity index (χ4v) is 5.21. The first-order valence-electron chi connectivity index (χ1n) is 9.49. The standard InChI is InChI=1S/C21H23ClN2O3/c1-13-2-3-19(23-8-13)21(25)5-4-15-10-24(11-16(15)21)9-14-6-17(22)20-18(7-14)26-12-27-20/h2-3,6-8,15-16,25H,4-5,9-12H2,1H3/t15-,16+,21-/m1/s1. The van der Waals surface area contributed by atoms with Gasteiger partial charge in [-0.3, -0.25) is 9.88 Å². The van der Waals surface area contributed by atoms with E-state index in [-0.39, 0.29) is 12.7 Å². The van der Waals surface area contributed by atoms with Gasteiger partial charge >= 0.3 is 0 Å². The molecule has 5 rings (SSSR count). The number of hydrogen-bond acceptors (Lipinski definition) is 5. The molecule has 0 spiro atoms. The van der Waals surface area contributed by atoms with E-state index in [1.165, 1.54) is 0 Å². The van der Waals surface area contributed by atoms with Crippen molar-refractivity contribution >= 4 is 11.6 Å². The largest absolute Gasteiger partial charge is 0.454 e. The van der Waals surface area contributed by atoms with Gasteiger partial charge < -0.3 is 14.6 Å². The predicted molar refractivity (Wildman–Crippen MR) is 102 cm³/mol. The number of aryl methyl sites for hydroxylation is 1. The number of aromatic nitrogens is 1. The zero-order valence-corrected chi connectivity index (χ0v) is 16.1. The smallest absolute Gasteiger partial charge is 0.231 e. The lowest BCUT2D eigenvalue weighted by atomic mass is 9.85. The molecule has 1 aliphatic carbocycles. The minimum absolute atomic E-state index is 0.220. The van der Waals surface area contributed by atoms with Crippen molar-refractivity contribution in [2.75, 3.05) is 19.9 Å². The fraction of sp³-hybridized carbons (Fsp3) is 0.476. The summed E-state index contributed by atoms with van der Waals surface area (Å²) in [6.07, 6.45) is 3.68. The molecular weight excluding hydrogens is 364 g/mol. The second-order valence-corrected chi connectivity index (χ2v) is 8.46. The summed E-state index contributed by atoms with van der Waals surface area (Å²) in [7, 11) is 0. The molecule has 1 saturated carbocycles. The number of likely N-dealkylation sites (tertiary alicyclic amines) is 1. The lowest BCUT2D eigenvalue weighted by molar-refractivity contribution is -0.0108. The maximum atomic E-state index is 11.4. The SMILES string of the molecule is Cc1ccc([C@@]2(O)CC[C@@H]3CN(Cc4cc(Cl)c5c(c4)OCO5)C[C@@H]32)nc1. The molecule has 2 aliphatic heterocycles. The summed E-state index contributed by atoms with van der Waals surface area (Å²) in [6.45, 7) is 4.89. The van der Waals surface area contributed by atoms with Crippen LogP contribution in [0.15, 0.2) is 30.5 Å². The number of halogens is 1. The van der Waals surface area contributed by atoms with Crippen LogP contribution in [-0.4, -0.2) is 34.9 Å². The molecule has 0 bridgehead atoms. The van der Waals surface area contributed by atoms with E-state index >= 15 is 0 Å². The number of nitrogens with zero attached hydrogens (tertiary/aromatic N) is 2. The lowest BCUT2D eigenvalue weighted by Crippen LogP contribution is -2.35. The topological polar surface area (TPSA) is 54.8 Å². The van der Waals surface area contributed by atoms with Crippen molar-refractivity contribution in [1.82, 2.24) is 9.88 Å². The molecule has 3 atom stereocenters. The zero-order valence-electron chi connectivity index (χ0n) is 15.3. The Morgan fingerprint density at radius 1 is 1.30 bits per heavy atom. The van der Waals surface area contributed by atoms with E-state index in [9.17, 15) is 5.11 Å².